The summed E-state index contributed by atoms with van der Waals surface area (Å²) in [6.07, 6.45) is 1.07. The third-order valence-corrected chi connectivity index (χ3v) is 4.05. The zero-order chi connectivity index (χ0) is 11.7. The van der Waals surface area contributed by atoms with E-state index in [-0.39, 0.29) is 0 Å². The van der Waals surface area contributed by atoms with E-state index in [2.05, 4.69) is 11.8 Å². The van der Waals surface area contributed by atoms with E-state index in [9.17, 15) is 0 Å². The van der Waals surface area contributed by atoms with Crippen LogP contribution in [0.2, 0.25) is 10.0 Å². The van der Waals surface area contributed by atoms with Gasteiger partial charge in [-0.2, -0.15) is 0 Å². The monoisotopic (exact) mass is 258 g/mol. The van der Waals surface area contributed by atoms with E-state index in [1.165, 1.54) is 5.56 Å². The minimum absolute atomic E-state index is 0.294. The van der Waals surface area contributed by atoms with Gasteiger partial charge in [0.1, 0.15) is 0 Å². The predicted molar refractivity (Wildman–Crippen MR) is 68.9 cm³/mol. The first-order chi connectivity index (χ1) is 7.58. The van der Waals surface area contributed by atoms with Gasteiger partial charge in [-0.1, -0.05) is 29.3 Å². The minimum Gasteiger partial charge on any atom is -0.326 e. The minimum atomic E-state index is 0.294. The summed E-state index contributed by atoms with van der Waals surface area (Å²) >= 11 is 11.9. The summed E-state index contributed by atoms with van der Waals surface area (Å²) in [6.45, 7) is 4.13. The number of rotatable bonds is 2. The molecule has 1 fully saturated rings. The highest BCUT2D eigenvalue weighted by atomic mass is 35.5. The molecule has 0 amide bonds. The highest BCUT2D eigenvalue weighted by molar-refractivity contribution is 6.42. The predicted octanol–water partition coefficient (Wildman–Crippen LogP) is 2.91. The number of hydrogen-bond donors (Lipinski definition) is 1. The average molecular weight is 259 g/mol. The van der Waals surface area contributed by atoms with Gasteiger partial charge in [-0.3, -0.25) is 4.90 Å². The number of likely N-dealkylation sites (tertiary alicyclic amines) is 1. The lowest BCUT2D eigenvalue weighted by molar-refractivity contribution is 0.252. The molecule has 0 saturated carbocycles. The second-order valence-electron chi connectivity index (χ2n) is 4.41. The van der Waals surface area contributed by atoms with Crippen LogP contribution in [0.3, 0.4) is 0 Å². The highest BCUT2D eigenvalue weighted by Crippen LogP contribution is 2.25. The largest absolute Gasteiger partial charge is 0.326 e. The third kappa shape index (κ3) is 2.51. The molecule has 1 aromatic rings. The van der Waals surface area contributed by atoms with Crippen molar-refractivity contribution in [2.45, 2.75) is 32.0 Å². The number of nitrogens with two attached hydrogens (primary N) is 1. The lowest BCUT2D eigenvalue weighted by Gasteiger charge is -2.23. The second kappa shape index (κ2) is 4.92. The molecule has 1 heterocycles. The standard InChI is InChI=1S/C12H16Cl2N2/c1-8-12(15)4-5-16(8)7-9-2-3-10(13)11(14)6-9/h2-3,6,8,12H,4-5,7,15H2,1H3. The van der Waals surface area contributed by atoms with Crippen molar-refractivity contribution in [1.82, 2.24) is 4.90 Å². The molecule has 0 aliphatic carbocycles. The number of hydrogen-bond acceptors (Lipinski definition) is 2. The van der Waals surface area contributed by atoms with Gasteiger partial charge in [0.05, 0.1) is 10.0 Å². The first kappa shape index (κ1) is 12.2. The van der Waals surface area contributed by atoms with Gasteiger partial charge >= 0.3 is 0 Å². The molecule has 1 saturated heterocycles. The molecule has 2 atom stereocenters. The van der Waals surface area contributed by atoms with E-state index in [0.29, 0.717) is 22.1 Å². The third-order valence-electron chi connectivity index (χ3n) is 3.31. The van der Waals surface area contributed by atoms with Gasteiger partial charge in [-0.25, -0.2) is 0 Å². The Labute approximate surface area is 106 Å². The maximum absolute atomic E-state index is 5.99. The smallest absolute Gasteiger partial charge is 0.0595 e. The van der Waals surface area contributed by atoms with E-state index in [1.807, 2.05) is 18.2 Å². The van der Waals surface area contributed by atoms with Gasteiger partial charge in [0.15, 0.2) is 0 Å². The fraction of sp³-hybridized carbons (Fsp3) is 0.500. The Morgan fingerprint density at radius 3 is 2.69 bits per heavy atom. The Hall–Kier alpha value is -0.280. The Morgan fingerprint density at radius 1 is 1.38 bits per heavy atom. The van der Waals surface area contributed by atoms with Crippen LogP contribution in [-0.2, 0) is 6.54 Å². The molecule has 0 radical (unpaired) electrons. The molecule has 0 spiro atoms. The number of halogens is 2. The van der Waals surface area contributed by atoms with Crippen molar-refractivity contribution in [1.29, 1.82) is 0 Å². The molecule has 2 rings (SSSR count). The van der Waals surface area contributed by atoms with Crippen LogP contribution in [0.4, 0.5) is 0 Å². The maximum atomic E-state index is 5.99. The molecule has 1 aliphatic rings. The van der Waals surface area contributed by atoms with Crippen LogP contribution in [0.5, 0.6) is 0 Å². The van der Waals surface area contributed by atoms with Gasteiger partial charge in [-0.15, -0.1) is 0 Å². The molecule has 1 aliphatic heterocycles. The summed E-state index contributed by atoms with van der Waals surface area (Å²) in [6, 6.07) is 6.53. The van der Waals surface area contributed by atoms with Crippen molar-refractivity contribution >= 4 is 23.2 Å². The molecule has 88 valence electrons. The van der Waals surface area contributed by atoms with Gasteiger partial charge in [0.2, 0.25) is 0 Å². The SMILES string of the molecule is CC1C(N)CCN1Cc1ccc(Cl)c(Cl)c1. The van der Waals surface area contributed by atoms with E-state index >= 15 is 0 Å². The first-order valence-electron chi connectivity index (χ1n) is 5.51. The van der Waals surface area contributed by atoms with Crippen LogP contribution >= 0.6 is 23.2 Å². The fourth-order valence-electron chi connectivity index (χ4n) is 2.13. The molecule has 1 aromatic carbocycles. The van der Waals surface area contributed by atoms with Crippen molar-refractivity contribution < 1.29 is 0 Å². The molecular formula is C12H16Cl2N2. The van der Waals surface area contributed by atoms with Crippen LogP contribution in [0.25, 0.3) is 0 Å². The van der Waals surface area contributed by atoms with E-state index in [1.54, 1.807) is 0 Å². The lowest BCUT2D eigenvalue weighted by Crippen LogP contribution is -2.36. The fourth-order valence-corrected chi connectivity index (χ4v) is 2.45. The molecule has 2 nitrogen and oxygen atoms in total. The molecule has 0 aromatic heterocycles. The van der Waals surface area contributed by atoms with Gasteiger partial charge in [0.25, 0.3) is 0 Å². The summed E-state index contributed by atoms with van der Waals surface area (Å²) in [5, 5.41) is 1.23. The maximum Gasteiger partial charge on any atom is 0.0595 e. The van der Waals surface area contributed by atoms with Crippen molar-refractivity contribution in [3.63, 3.8) is 0 Å². The van der Waals surface area contributed by atoms with Crippen molar-refractivity contribution in [2.24, 2.45) is 5.73 Å². The summed E-state index contributed by atoms with van der Waals surface area (Å²) in [5.74, 6) is 0. The molecule has 2 N–H and O–H groups in total. The highest BCUT2D eigenvalue weighted by Gasteiger charge is 2.27. The summed E-state index contributed by atoms with van der Waals surface area (Å²) in [4.78, 5) is 2.38. The molecular weight excluding hydrogens is 243 g/mol. The topological polar surface area (TPSA) is 29.3 Å². The Morgan fingerprint density at radius 2 is 2.12 bits per heavy atom. The van der Waals surface area contributed by atoms with Gasteiger partial charge in [0, 0.05) is 25.2 Å². The summed E-state index contributed by atoms with van der Waals surface area (Å²) in [7, 11) is 0. The van der Waals surface area contributed by atoms with Crippen LogP contribution in [0.15, 0.2) is 18.2 Å². The van der Waals surface area contributed by atoms with Crippen molar-refractivity contribution in [3.8, 4) is 0 Å². The quantitative estimate of drug-likeness (QED) is 0.884. The normalized spacial score (nSPS) is 26.2. The molecule has 4 heteroatoms. The molecule has 2 unspecified atom stereocenters. The van der Waals surface area contributed by atoms with E-state index in [4.69, 9.17) is 28.9 Å². The van der Waals surface area contributed by atoms with Crippen molar-refractivity contribution in [2.75, 3.05) is 6.54 Å². The second-order valence-corrected chi connectivity index (χ2v) is 5.23. The lowest BCUT2D eigenvalue weighted by atomic mass is 10.1. The number of benzene rings is 1. The molecule has 16 heavy (non-hydrogen) atoms. The van der Waals surface area contributed by atoms with Crippen LogP contribution in [0, 0.1) is 0 Å². The first-order valence-corrected chi connectivity index (χ1v) is 6.27. The Bertz CT molecular complexity index is 381. The Kier molecular flexibility index (Phi) is 3.75. The Balaban J connectivity index is 2.07. The van der Waals surface area contributed by atoms with Crippen LogP contribution in [-0.4, -0.2) is 23.5 Å². The number of nitrogens with zero attached hydrogens (tertiary/aromatic N) is 1. The van der Waals surface area contributed by atoms with Crippen LogP contribution in [0.1, 0.15) is 18.9 Å². The van der Waals surface area contributed by atoms with E-state index < -0.39 is 0 Å². The van der Waals surface area contributed by atoms with Crippen molar-refractivity contribution in [3.05, 3.63) is 33.8 Å². The van der Waals surface area contributed by atoms with E-state index in [0.717, 1.165) is 19.5 Å². The zero-order valence-corrected chi connectivity index (χ0v) is 10.8. The van der Waals surface area contributed by atoms with Gasteiger partial charge in [-0.05, 0) is 31.0 Å². The summed E-state index contributed by atoms with van der Waals surface area (Å²) in [5.41, 5.74) is 7.18. The molecule has 0 bridgehead atoms. The van der Waals surface area contributed by atoms with Crippen LogP contribution < -0.4 is 5.73 Å². The average Bonchev–Trinajstić information content (AvgIpc) is 2.55. The summed E-state index contributed by atoms with van der Waals surface area (Å²) < 4.78 is 0. The zero-order valence-electron chi connectivity index (χ0n) is 9.29. The van der Waals surface area contributed by atoms with Gasteiger partial charge < -0.3 is 5.73 Å².